The Labute approximate surface area is 125 Å². The fourth-order valence-electron chi connectivity index (χ4n) is 2.19. The molecule has 0 radical (unpaired) electrons. The van der Waals surface area contributed by atoms with Crippen LogP contribution in [0.5, 0.6) is 5.75 Å². The van der Waals surface area contributed by atoms with Gasteiger partial charge in [-0.25, -0.2) is 0 Å². The molecule has 0 atom stereocenters. The van der Waals surface area contributed by atoms with Crippen LogP contribution in [0.1, 0.15) is 37.6 Å². The van der Waals surface area contributed by atoms with Gasteiger partial charge in [0.25, 0.3) is 5.91 Å². The first-order valence-corrected chi connectivity index (χ1v) is 7.08. The van der Waals surface area contributed by atoms with E-state index in [1.165, 1.54) is 0 Å². The molecule has 0 unspecified atom stereocenters. The number of hydrogen-bond acceptors (Lipinski definition) is 3. The number of hydrogen-bond donors (Lipinski definition) is 1. The smallest absolute Gasteiger partial charge is 0.257 e. The molecule has 0 bridgehead atoms. The molecule has 0 saturated carbocycles. The molecule has 1 aliphatic rings. The monoisotopic (exact) mass is 290 g/mol. The maximum absolute atomic E-state index is 12.2. The van der Waals surface area contributed by atoms with E-state index in [4.69, 9.17) is 4.74 Å². The molecule has 1 aromatic rings. The number of benzene rings is 1. The minimum atomic E-state index is -0.0885. The number of carbonyl (C=O) groups is 2. The molecule has 1 aromatic carbocycles. The van der Waals surface area contributed by atoms with E-state index >= 15 is 0 Å². The highest BCUT2D eigenvalue weighted by atomic mass is 16.5. The molecule has 21 heavy (non-hydrogen) atoms. The maximum Gasteiger partial charge on any atom is 0.257 e. The molecular formula is C16H22N2O3. The van der Waals surface area contributed by atoms with Gasteiger partial charge in [-0.1, -0.05) is 20.8 Å². The summed E-state index contributed by atoms with van der Waals surface area (Å²) in [5.41, 5.74) is 1.04. The van der Waals surface area contributed by atoms with Gasteiger partial charge in [0, 0.05) is 19.2 Å². The number of ether oxygens (including phenoxy) is 1. The highest BCUT2D eigenvalue weighted by molar-refractivity contribution is 5.99. The van der Waals surface area contributed by atoms with Gasteiger partial charge in [-0.05, 0) is 23.6 Å². The molecule has 114 valence electrons. The average Bonchev–Trinajstić information content (AvgIpc) is 2.49. The summed E-state index contributed by atoms with van der Waals surface area (Å²) in [4.78, 5) is 25.8. The van der Waals surface area contributed by atoms with Gasteiger partial charge in [0.15, 0.2) is 0 Å². The van der Waals surface area contributed by atoms with Crippen LogP contribution in [0.25, 0.3) is 0 Å². The van der Waals surface area contributed by atoms with Crippen LogP contribution in [-0.4, -0.2) is 36.9 Å². The van der Waals surface area contributed by atoms with E-state index in [2.05, 4.69) is 5.32 Å². The number of nitrogens with one attached hydrogen (secondary N) is 1. The Hall–Kier alpha value is -2.04. The third kappa shape index (κ3) is 3.97. The molecule has 0 aliphatic carbocycles. The largest absolute Gasteiger partial charge is 0.491 e. The van der Waals surface area contributed by atoms with Crippen LogP contribution in [0, 0.1) is 5.41 Å². The van der Waals surface area contributed by atoms with E-state index in [1.807, 2.05) is 20.8 Å². The van der Waals surface area contributed by atoms with Gasteiger partial charge >= 0.3 is 0 Å². The van der Waals surface area contributed by atoms with E-state index in [0.717, 1.165) is 0 Å². The number of carbonyl (C=O) groups excluding carboxylic acids is 2. The Kier molecular flexibility index (Phi) is 4.21. The van der Waals surface area contributed by atoms with Gasteiger partial charge in [0.05, 0.1) is 12.1 Å². The van der Waals surface area contributed by atoms with Crippen molar-refractivity contribution in [3.05, 3.63) is 23.8 Å². The average molecular weight is 290 g/mol. The number of fused-ring (bicyclic) bond motifs is 1. The van der Waals surface area contributed by atoms with Crippen molar-refractivity contribution in [2.24, 2.45) is 5.41 Å². The van der Waals surface area contributed by atoms with Crippen LogP contribution in [0.15, 0.2) is 18.2 Å². The Bertz CT molecular complexity index is 561. The Morgan fingerprint density at radius 2 is 2.10 bits per heavy atom. The van der Waals surface area contributed by atoms with Crippen molar-refractivity contribution in [1.82, 2.24) is 4.90 Å². The summed E-state index contributed by atoms with van der Waals surface area (Å²) in [6, 6.07) is 5.18. The van der Waals surface area contributed by atoms with Crippen molar-refractivity contribution in [1.29, 1.82) is 0 Å². The van der Waals surface area contributed by atoms with Crippen LogP contribution in [0.3, 0.4) is 0 Å². The summed E-state index contributed by atoms with van der Waals surface area (Å²) < 4.78 is 5.55. The zero-order valence-electron chi connectivity index (χ0n) is 13.0. The van der Waals surface area contributed by atoms with E-state index < -0.39 is 0 Å². The number of rotatable bonds is 2. The summed E-state index contributed by atoms with van der Waals surface area (Å²) in [7, 11) is 1.74. The maximum atomic E-state index is 12.2. The van der Waals surface area contributed by atoms with Crippen molar-refractivity contribution < 1.29 is 14.3 Å². The van der Waals surface area contributed by atoms with Crippen LogP contribution in [0.4, 0.5) is 5.69 Å². The lowest BCUT2D eigenvalue weighted by Crippen LogP contribution is -2.28. The van der Waals surface area contributed by atoms with Crippen molar-refractivity contribution in [3.63, 3.8) is 0 Å². The van der Waals surface area contributed by atoms with Crippen LogP contribution >= 0.6 is 0 Å². The van der Waals surface area contributed by atoms with E-state index in [9.17, 15) is 9.59 Å². The second-order valence-electron chi connectivity index (χ2n) is 6.57. The Morgan fingerprint density at radius 3 is 2.76 bits per heavy atom. The molecule has 5 nitrogen and oxygen atoms in total. The molecule has 1 heterocycles. The van der Waals surface area contributed by atoms with E-state index in [0.29, 0.717) is 36.6 Å². The Morgan fingerprint density at radius 1 is 1.38 bits per heavy atom. The number of likely N-dealkylation sites (N-methyl/N-ethyl adjacent to an activating group) is 1. The van der Waals surface area contributed by atoms with Gasteiger partial charge in [-0.3, -0.25) is 9.59 Å². The summed E-state index contributed by atoms with van der Waals surface area (Å²) >= 11 is 0. The lowest BCUT2D eigenvalue weighted by Gasteiger charge is -2.18. The van der Waals surface area contributed by atoms with Crippen LogP contribution < -0.4 is 10.1 Å². The van der Waals surface area contributed by atoms with Crippen molar-refractivity contribution in [2.45, 2.75) is 27.2 Å². The molecule has 5 heteroatoms. The van der Waals surface area contributed by atoms with Gasteiger partial charge in [0.1, 0.15) is 12.4 Å². The lowest BCUT2D eigenvalue weighted by molar-refractivity contribution is -0.117. The van der Waals surface area contributed by atoms with Gasteiger partial charge in [-0.2, -0.15) is 0 Å². The first-order valence-electron chi connectivity index (χ1n) is 7.08. The molecule has 0 aromatic heterocycles. The SMILES string of the molecule is CN1CCOc2ccc(NC(=O)CC(C)(C)C)cc2C1=O. The van der Waals surface area contributed by atoms with Gasteiger partial charge in [0.2, 0.25) is 5.91 Å². The molecule has 2 rings (SSSR count). The third-order valence-electron chi connectivity index (χ3n) is 3.22. The quantitative estimate of drug-likeness (QED) is 0.910. The normalized spacial score (nSPS) is 15.0. The Balaban J connectivity index is 2.19. The first-order chi connectivity index (χ1) is 9.76. The zero-order chi connectivity index (χ0) is 15.6. The summed E-state index contributed by atoms with van der Waals surface area (Å²) in [5.74, 6) is 0.422. The minimum Gasteiger partial charge on any atom is -0.491 e. The molecular weight excluding hydrogens is 268 g/mol. The van der Waals surface area contributed by atoms with E-state index in [1.54, 1.807) is 30.1 Å². The number of anilines is 1. The second-order valence-corrected chi connectivity index (χ2v) is 6.57. The molecule has 0 fully saturated rings. The topological polar surface area (TPSA) is 58.6 Å². The van der Waals surface area contributed by atoms with Crippen LogP contribution in [-0.2, 0) is 4.79 Å². The minimum absolute atomic E-state index is 0.0576. The number of amides is 2. The fraction of sp³-hybridized carbons (Fsp3) is 0.500. The molecule has 1 aliphatic heterocycles. The van der Waals surface area contributed by atoms with Gasteiger partial charge in [-0.15, -0.1) is 0 Å². The van der Waals surface area contributed by atoms with Crippen molar-refractivity contribution >= 4 is 17.5 Å². The molecule has 1 N–H and O–H groups in total. The lowest BCUT2D eigenvalue weighted by atomic mass is 9.92. The second kappa shape index (κ2) is 5.76. The van der Waals surface area contributed by atoms with Gasteiger partial charge < -0.3 is 15.0 Å². The molecule has 0 saturated heterocycles. The zero-order valence-corrected chi connectivity index (χ0v) is 13.0. The van der Waals surface area contributed by atoms with Crippen LogP contribution in [0.2, 0.25) is 0 Å². The van der Waals surface area contributed by atoms with Crippen molar-refractivity contribution in [2.75, 3.05) is 25.5 Å². The standard InChI is InChI=1S/C16H22N2O3/c1-16(2,3)10-14(19)17-11-5-6-13-12(9-11)15(20)18(4)7-8-21-13/h5-6,9H,7-8,10H2,1-4H3,(H,17,19). The predicted molar refractivity (Wildman–Crippen MR) is 81.6 cm³/mol. The summed E-state index contributed by atoms with van der Waals surface area (Å²) in [6.07, 6.45) is 0.425. The highest BCUT2D eigenvalue weighted by Gasteiger charge is 2.22. The van der Waals surface area contributed by atoms with E-state index in [-0.39, 0.29) is 17.2 Å². The highest BCUT2D eigenvalue weighted by Crippen LogP contribution is 2.27. The summed E-state index contributed by atoms with van der Waals surface area (Å²) in [6.45, 7) is 7.06. The predicted octanol–water partition coefficient (Wildman–Crippen LogP) is 2.53. The molecule has 0 spiro atoms. The third-order valence-corrected chi connectivity index (χ3v) is 3.22. The number of nitrogens with zero attached hydrogens (tertiary/aromatic N) is 1. The summed E-state index contributed by atoms with van der Waals surface area (Å²) in [5, 5.41) is 2.84. The van der Waals surface area contributed by atoms with Crippen molar-refractivity contribution in [3.8, 4) is 5.75 Å². The molecule has 2 amide bonds. The first kappa shape index (κ1) is 15.4. The fourth-order valence-corrected chi connectivity index (χ4v) is 2.19.